The van der Waals surface area contributed by atoms with Crippen molar-refractivity contribution in [1.29, 1.82) is 0 Å². The molecule has 5 heteroatoms. The van der Waals surface area contributed by atoms with E-state index in [1.165, 1.54) is 0 Å². The van der Waals surface area contributed by atoms with Gasteiger partial charge in [-0.2, -0.15) is 13.2 Å². The highest BCUT2D eigenvalue weighted by atomic mass is 19.4. The van der Waals surface area contributed by atoms with Crippen molar-refractivity contribution < 1.29 is 17.3 Å². The van der Waals surface area contributed by atoms with Gasteiger partial charge in [0.2, 0.25) is 5.56 Å². The lowest BCUT2D eigenvalue weighted by atomic mass is 10.2. The van der Waals surface area contributed by atoms with Crippen LogP contribution in [-0.4, -0.2) is 4.98 Å². The highest BCUT2D eigenvalue weighted by Gasteiger charge is 2.32. The Labute approximate surface area is 70.3 Å². The van der Waals surface area contributed by atoms with E-state index >= 15 is 0 Å². The van der Waals surface area contributed by atoms with Gasteiger partial charge in [0.1, 0.15) is 0 Å². The van der Waals surface area contributed by atoms with Crippen LogP contribution in [0.5, 0.6) is 0 Å². The van der Waals surface area contributed by atoms with E-state index < -0.39 is 29.8 Å². The molecule has 0 amide bonds. The predicted molar refractivity (Wildman–Crippen MR) is 36.8 cm³/mol. The Bertz CT molecular complexity index is 421. The van der Waals surface area contributed by atoms with Crippen molar-refractivity contribution in [3.8, 4) is 0 Å². The minimum Gasteiger partial charge on any atom is -0.326 e. The number of aromatic nitrogens is 1. The van der Waals surface area contributed by atoms with Crippen LogP contribution in [0.3, 0.4) is 0 Å². The average molecular weight is 180 g/mol. The number of hydrogen-bond donors (Lipinski definition) is 1. The maximum absolute atomic E-state index is 12.3. The molecular formula is C7H6F3NO. The third-order valence-electron chi connectivity index (χ3n) is 1.22. The highest BCUT2D eigenvalue weighted by Crippen LogP contribution is 2.29. The SMILES string of the molecule is [2H]C([2H])([2H])c1[nH]c(=O)ccc1C(F)(F)F. The number of rotatable bonds is 0. The lowest BCUT2D eigenvalue weighted by Crippen LogP contribution is -2.14. The van der Waals surface area contributed by atoms with E-state index in [0.717, 1.165) is 0 Å². The van der Waals surface area contributed by atoms with Gasteiger partial charge < -0.3 is 4.98 Å². The molecule has 1 aromatic rings. The van der Waals surface area contributed by atoms with E-state index in [1.807, 2.05) is 0 Å². The van der Waals surface area contributed by atoms with Crippen molar-refractivity contribution >= 4 is 0 Å². The molecule has 0 fully saturated rings. The summed E-state index contributed by atoms with van der Waals surface area (Å²) >= 11 is 0. The summed E-state index contributed by atoms with van der Waals surface area (Å²) in [5.74, 6) is 0. The van der Waals surface area contributed by atoms with Crippen LogP contribution in [0.25, 0.3) is 0 Å². The van der Waals surface area contributed by atoms with E-state index in [4.69, 9.17) is 4.11 Å². The summed E-state index contributed by atoms with van der Waals surface area (Å²) in [5.41, 5.74) is -3.31. The fraction of sp³-hybridized carbons (Fsp3) is 0.286. The zero-order valence-corrected chi connectivity index (χ0v) is 5.70. The number of H-pyrrole nitrogens is 1. The number of nitrogens with one attached hydrogen (secondary N) is 1. The summed E-state index contributed by atoms with van der Waals surface area (Å²) < 4.78 is 57.6. The first-order valence-corrected chi connectivity index (χ1v) is 2.93. The second kappa shape index (κ2) is 2.66. The fourth-order valence-corrected chi connectivity index (χ4v) is 0.711. The standard InChI is InChI=1S/C7H6F3NO/c1-4-5(7(8,9)10)2-3-6(12)11-4/h2-3H,1H3,(H,11,12)/i1D3. The van der Waals surface area contributed by atoms with Crippen LogP contribution in [0.4, 0.5) is 13.2 Å². The zero-order valence-electron chi connectivity index (χ0n) is 8.70. The van der Waals surface area contributed by atoms with Gasteiger partial charge in [-0.05, 0) is 12.9 Å². The van der Waals surface area contributed by atoms with Crippen molar-refractivity contribution in [3.05, 3.63) is 33.7 Å². The molecule has 0 aliphatic heterocycles. The molecule has 66 valence electrons. The van der Waals surface area contributed by atoms with Gasteiger partial charge in [-0.25, -0.2) is 0 Å². The van der Waals surface area contributed by atoms with Gasteiger partial charge in [-0.1, -0.05) is 0 Å². The first-order chi connectivity index (χ1) is 6.62. The Kier molecular flexibility index (Phi) is 1.19. The monoisotopic (exact) mass is 180 g/mol. The van der Waals surface area contributed by atoms with Crippen LogP contribution < -0.4 is 5.56 Å². The van der Waals surface area contributed by atoms with E-state index in [-0.39, 0.29) is 0 Å². The summed E-state index contributed by atoms with van der Waals surface area (Å²) in [6.45, 7) is -2.99. The molecular weight excluding hydrogens is 171 g/mol. The maximum atomic E-state index is 12.3. The maximum Gasteiger partial charge on any atom is 0.418 e. The van der Waals surface area contributed by atoms with Crippen LogP contribution in [-0.2, 0) is 6.18 Å². The Morgan fingerprint density at radius 2 is 2.17 bits per heavy atom. The topological polar surface area (TPSA) is 32.9 Å². The molecule has 0 aromatic carbocycles. The lowest BCUT2D eigenvalue weighted by molar-refractivity contribution is -0.138. The molecule has 0 atom stereocenters. The van der Waals surface area contributed by atoms with Crippen LogP contribution in [0, 0.1) is 6.85 Å². The summed E-state index contributed by atoms with van der Waals surface area (Å²) in [6, 6.07) is 1.10. The largest absolute Gasteiger partial charge is 0.418 e. The molecule has 1 N–H and O–H groups in total. The number of aromatic amines is 1. The van der Waals surface area contributed by atoms with E-state index in [1.54, 1.807) is 4.98 Å². The summed E-state index contributed by atoms with van der Waals surface area (Å²) in [5, 5.41) is 0. The predicted octanol–water partition coefficient (Wildman–Crippen LogP) is 1.70. The van der Waals surface area contributed by atoms with E-state index in [0.29, 0.717) is 12.1 Å². The van der Waals surface area contributed by atoms with Crippen LogP contribution >= 0.6 is 0 Å². The highest BCUT2D eigenvalue weighted by molar-refractivity contribution is 5.21. The van der Waals surface area contributed by atoms with Crippen LogP contribution in [0.1, 0.15) is 15.4 Å². The number of hydrogen-bond acceptors (Lipinski definition) is 1. The van der Waals surface area contributed by atoms with Gasteiger partial charge in [-0.15, -0.1) is 0 Å². The van der Waals surface area contributed by atoms with Crippen molar-refractivity contribution in [2.24, 2.45) is 0 Å². The summed E-state index contributed by atoms with van der Waals surface area (Å²) in [7, 11) is 0. The molecule has 1 rings (SSSR count). The second-order valence-corrected chi connectivity index (χ2v) is 2.11. The average Bonchev–Trinajstić information content (AvgIpc) is 2.00. The Balaban J connectivity index is 3.48. The van der Waals surface area contributed by atoms with E-state index in [9.17, 15) is 18.0 Å². The second-order valence-electron chi connectivity index (χ2n) is 2.11. The van der Waals surface area contributed by atoms with Crippen molar-refractivity contribution in [1.82, 2.24) is 4.98 Å². The summed E-state index contributed by atoms with van der Waals surface area (Å²) in [4.78, 5) is 12.4. The van der Waals surface area contributed by atoms with Gasteiger partial charge in [0.15, 0.2) is 0 Å². The lowest BCUT2D eigenvalue weighted by Gasteiger charge is -2.07. The van der Waals surface area contributed by atoms with Gasteiger partial charge in [0.05, 0.1) is 5.56 Å². The van der Waals surface area contributed by atoms with Crippen LogP contribution in [0.2, 0.25) is 0 Å². The fourth-order valence-electron chi connectivity index (χ4n) is 0.711. The third kappa shape index (κ3) is 1.66. The smallest absolute Gasteiger partial charge is 0.326 e. The minimum atomic E-state index is -4.80. The molecule has 2 nitrogen and oxygen atoms in total. The summed E-state index contributed by atoms with van der Waals surface area (Å²) in [6.07, 6.45) is -4.80. The molecule has 0 radical (unpaired) electrons. The third-order valence-corrected chi connectivity index (χ3v) is 1.22. The molecule has 1 aromatic heterocycles. The molecule has 0 saturated carbocycles. The first-order valence-electron chi connectivity index (χ1n) is 4.43. The normalized spacial score (nSPS) is 16.4. The van der Waals surface area contributed by atoms with Gasteiger partial charge in [-0.3, -0.25) is 4.79 Å². The Hall–Kier alpha value is -1.26. The number of pyridine rings is 1. The quantitative estimate of drug-likeness (QED) is 0.647. The number of aryl methyl sites for hydroxylation is 1. The zero-order chi connectivity index (χ0) is 11.9. The Morgan fingerprint density at radius 3 is 2.67 bits per heavy atom. The van der Waals surface area contributed by atoms with Gasteiger partial charge in [0, 0.05) is 15.9 Å². The van der Waals surface area contributed by atoms with Crippen molar-refractivity contribution in [2.45, 2.75) is 13.0 Å². The van der Waals surface area contributed by atoms with Gasteiger partial charge in [0.25, 0.3) is 0 Å². The molecule has 0 bridgehead atoms. The molecule has 1 heterocycles. The minimum absolute atomic E-state index is 0.459. The Morgan fingerprint density at radius 1 is 1.50 bits per heavy atom. The number of alkyl halides is 3. The molecule has 0 aliphatic rings. The van der Waals surface area contributed by atoms with Gasteiger partial charge >= 0.3 is 6.18 Å². The molecule has 0 aliphatic carbocycles. The molecule has 0 unspecified atom stereocenters. The van der Waals surface area contributed by atoms with E-state index in [2.05, 4.69) is 0 Å². The molecule has 12 heavy (non-hydrogen) atoms. The molecule has 0 spiro atoms. The molecule has 0 saturated heterocycles. The first kappa shape index (κ1) is 5.40. The van der Waals surface area contributed by atoms with Crippen molar-refractivity contribution in [3.63, 3.8) is 0 Å². The van der Waals surface area contributed by atoms with Crippen LogP contribution in [0.15, 0.2) is 16.9 Å². The van der Waals surface area contributed by atoms with Crippen molar-refractivity contribution in [2.75, 3.05) is 0 Å². The number of halogens is 3.